The molecule has 158 valence electrons. The van der Waals surface area contributed by atoms with Crippen LogP contribution in [0.5, 0.6) is 0 Å². The van der Waals surface area contributed by atoms with Gasteiger partial charge in [-0.15, -0.1) is 0 Å². The number of fused-ring (bicyclic) bond motifs is 3. The van der Waals surface area contributed by atoms with Crippen molar-refractivity contribution in [2.45, 2.75) is 18.8 Å². The summed E-state index contributed by atoms with van der Waals surface area (Å²) in [5, 5.41) is 2.30. The van der Waals surface area contributed by atoms with E-state index in [2.05, 4.69) is 20.3 Å². The summed E-state index contributed by atoms with van der Waals surface area (Å²) in [5.74, 6) is 0.667. The Morgan fingerprint density at radius 2 is 2.03 bits per heavy atom. The molecule has 0 saturated carbocycles. The summed E-state index contributed by atoms with van der Waals surface area (Å²) in [6.45, 7) is 0.757. The number of hydrogen-bond donors (Lipinski definition) is 1. The number of carbonyl (C=O) groups excluding carboxylic acids is 1. The van der Waals surface area contributed by atoms with Gasteiger partial charge >= 0.3 is 12.2 Å². The molecule has 3 aromatic rings. The second-order valence-corrected chi connectivity index (χ2v) is 7.49. The number of carbonyl (C=O) groups is 1. The molecule has 5 rings (SSSR count). The van der Waals surface area contributed by atoms with Crippen molar-refractivity contribution in [1.82, 2.24) is 15.0 Å². The van der Waals surface area contributed by atoms with E-state index in [4.69, 9.17) is 11.6 Å². The lowest BCUT2D eigenvalue weighted by Crippen LogP contribution is -2.56. The fraction of sp³-hybridized carbons (Fsp3) is 0.200. The lowest BCUT2D eigenvalue weighted by atomic mass is 10.1. The molecule has 1 fully saturated rings. The van der Waals surface area contributed by atoms with Gasteiger partial charge in [-0.05, 0) is 24.3 Å². The third kappa shape index (κ3) is 3.32. The van der Waals surface area contributed by atoms with Crippen LogP contribution >= 0.6 is 11.6 Å². The van der Waals surface area contributed by atoms with Crippen LogP contribution in [0.4, 0.5) is 35.3 Å². The Balaban J connectivity index is 1.52. The van der Waals surface area contributed by atoms with E-state index in [9.17, 15) is 18.0 Å². The zero-order chi connectivity index (χ0) is 21.8. The first-order valence-electron chi connectivity index (χ1n) is 9.34. The SMILES string of the molecule is O=C(Nc1cnccn1)N1c2nc(-c3ccc(Cl)c(C(F)(F)F)c3)ccc2N2CCC21. The standard InChI is InChI=1S/C20H14ClF3N6O/c21-13-2-1-11(9-12(13)20(22,23)24)14-3-4-15-18(27-14)30(17-5-8-29(15)17)19(31)28-16-10-25-6-7-26-16/h1-4,6-7,9-10,17H,5,8H2,(H,26,28,31). The third-order valence-electron chi connectivity index (χ3n) is 5.26. The largest absolute Gasteiger partial charge is 0.417 e. The molecule has 1 unspecified atom stereocenters. The van der Waals surface area contributed by atoms with Gasteiger partial charge in [-0.3, -0.25) is 15.2 Å². The van der Waals surface area contributed by atoms with Crippen LogP contribution in [-0.2, 0) is 6.18 Å². The Kier molecular flexibility index (Phi) is 4.47. The molecule has 2 aliphatic heterocycles. The number of anilines is 3. The fourth-order valence-electron chi connectivity index (χ4n) is 3.73. The van der Waals surface area contributed by atoms with Gasteiger partial charge in [0.05, 0.1) is 28.2 Å². The lowest BCUT2D eigenvalue weighted by molar-refractivity contribution is -0.137. The number of alkyl halides is 3. The van der Waals surface area contributed by atoms with E-state index < -0.39 is 17.8 Å². The molecule has 0 spiro atoms. The van der Waals surface area contributed by atoms with Crippen LogP contribution in [-0.4, -0.2) is 33.7 Å². The minimum absolute atomic E-state index is 0.203. The van der Waals surface area contributed by atoms with Crippen molar-refractivity contribution in [3.63, 3.8) is 0 Å². The van der Waals surface area contributed by atoms with Crippen molar-refractivity contribution in [3.05, 3.63) is 59.5 Å². The monoisotopic (exact) mass is 446 g/mol. The summed E-state index contributed by atoms with van der Waals surface area (Å²) >= 11 is 5.73. The number of pyridine rings is 1. The van der Waals surface area contributed by atoms with Crippen LogP contribution in [0.1, 0.15) is 12.0 Å². The molecule has 0 bridgehead atoms. The van der Waals surface area contributed by atoms with Gasteiger partial charge in [-0.2, -0.15) is 13.2 Å². The van der Waals surface area contributed by atoms with Gasteiger partial charge in [0.15, 0.2) is 11.6 Å². The van der Waals surface area contributed by atoms with Crippen molar-refractivity contribution < 1.29 is 18.0 Å². The fourth-order valence-corrected chi connectivity index (χ4v) is 3.96. The topological polar surface area (TPSA) is 74.2 Å². The number of aromatic nitrogens is 3. The number of urea groups is 1. The van der Waals surface area contributed by atoms with Crippen LogP contribution in [0.2, 0.25) is 5.02 Å². The number of amides is 2. The Morgan fingerprint density at radius 1 is 1.19 bits per heavy atom. The maximum Gasteiger partial charge on any atom is 0.417 e. The molecule has 2 amide bonds. The Hall–Kier alpha value is -3.40. The normalized spacial score (nSPS) is 17.1. The maximum absolute atomic E-state index is 13.3. The van der Waals surface area contributed by atoms with E-state index in [1.54, 1.807) is 12.1 Å². The van der Waals surface area contributed by atoms with Gasteiger partial charge in [-0.1, -0.05) is 17.7 Å². The molecule has 0 radical (unpaired) electrons. The number of benzene rings is 1. The van der Waals surface area contributed by atoms with Crippen LogP contribution in [0.25, 0.3) is 11.3 Å². The summed E-state index contributed by atoms with van der Waals surface area (Å²) in [7, 11) is 0. The average molecular weight is 447 g/mol. The van der Waals surface area contributed by atoms with E-state index >= 15 is 0 Å². The summed E-state index contributed by atoms with van der Waals surface area (Å²) < 4.78 is 39.8. The molecule has 1 N–H and O–H groups in total. The molecule has 2 aromatic heterocycles. The molecule has 31 heavy (non-hydrogen) atoms. The summed E-state index contributed by atoms with van der Waals surface area (Å²) in [6, 6.07) is 6.60. The summed E-state index contributed by atoms with van der Waals surface area (Å²) in [5.41, 5.74) is 0.373. The zero-order valence-electron chi connectivity index (χ0n) is 15.8. The first-order valence-corrected chi connectivity index (χ1v) is 9.72. The Bertz CT molecular complexity index is 1170. The van der Waals surface area contributed by atoms with E-state index in [0.717, 1.165) is 24.7 Å². The first kappa shape index (κ1) is 19.6. The molecule has 1 saturated heterocycles. The predicted molar refractivity (Wildman–Crippen MR) is 109 cm³/mol. The highest BCUT2D eigenvalue weighted by Crippen LogP contribution is 2.45. The van der Waals surface area contributed by atoms with Crippen molar-refractivity contribution in [1.29, 1.82) is 0 Å². The minimum atomic E-state index is -4.59. The van der Waals surface area contributed by atoms with E-state index in [1.807, 2.05) is 4.90 Å². The van der Waals surface area contributed by atoms with Gasteiger partial charge in [0.25, 0.3) is 0 Å². The molecular weight excluding hydrogens is 433 g/mol. The highest BCUT2D eigenvalue weighted by molar-refractivity contribution is 6.31. The predicted octanol–water partition coefficient (Wildman–Crippen LogP) is 4.80. The molecule has 2 aliphatic rings. The first-order chi connectivity index (χ1) is 14.8. The van der Waals surface area contributed by atoms with Gasteiger partial charge in [0.2, 0.25) is 0 Å². The highest BCUT2D eigenvalue weighted by Gasteiger charge is 2.46. The van der Waals surface area contributed by atoms with E-state index in [0.29, 0.717) is 11.5 Å². The van der Waals surface area contributed by atoms with Crippen LogP contribution in [0.15, 0.2) is 48.9 Å². The third-order valence-corrected chi connectivity index (χ3v) is 5.59. The molecule has 0 aliphatic carbocycles. The number of rotatable bonds is 2. The summed E-state index contributed by atoms with van der Waals surface area (Å²) in [4.78, 5) is 29.0. The Morgan fingerprint density at radius 3 is 2.71 bits per heavy atom. The molecule has 4 heterocycles. The average Bonchev–Trinajstić information content (AvgIpc) is 2.93. The molecule has 11 heteroatoms. The minimum Gasteiger partial charge on any atom is -0.347 e. The molecule has 7 nitrogen and oxygen atoms in total. The van der Waals surface area contributed by atoms with Gasteiger partial charge < -0.3 is 4.90 Å². The van der Waals surface area contributed by atoms with E-state index in [1.165, 1.54) is 35.6 Å². The maximum atomic E-state index is 13.3. The smallest absolute Gasteiger partial charge is 0.347 e. The second kappa shape index (κ2) is 7.09. The number of hydrogen-bond acceptors (Lipinski definition) is 5. The van der Waals surface area contributed by atoms with Crippen molar-refractivity contribution in [2.24, 2.45) is 0 Å². The van der Waals surface area contributed by atoms with Crippen molar-refractivity contribution in [2.75, 3.05) is 21.7 Å². The zero-order valence-corrected chi connectivity index (χ0v) is 16.5. The number of nitrogens with zero attached hydrogens (tertiary/aromatic N) is 5. The summed E-state index contributed by atoms with van der Waals surface area (Å²) in [6.07, 6.45) is 0.326. The van der Waals surface area contributed by atoms with Crippen molar-refractivity contribution in [3.8, 4) is 11.3 Å². The van der Waals surface area contributed by atoms with Crippen LogP contribution in [0, 0.1) is 0 Å². The highest BCUT2D eigenvalue weighted by atomic mass is 35.5. The van der Waals surface area contributed by atoms with E-state index in [-0.39, 0.29) is 22.6 Å². The molecule has 1 atom stereocenters. The number of halogens is 4. The van der Waals surface area contributed by atoms with Crippen LogP contribution < -0.4 is 15.1 Å². The quantitative estimate of drug-likeness (QED) is 0.612. The van der Waals surface area contributed by atoms with Gasteiger partial charge in [0, 0.05) is 30.9 Å². The second-order valence-electron chi connectivity index (χ2n) is 7.09. The number of nitrogens with one attached hydrogen (secondary N) is 1. The Labute approximate surface area is 179 Å². The molecular formula is C20H14ClF3N6O. The van der Waals surface area contributed by atoms with Crippen molar-refractivity contribution >= 4 is 35.0 Å². The van der Waals surface area contributed by atoms with Crippen LogP contribution in [0.3, 0.4) is 0 Å². The molecule has 1 aromatic carbocycles. The van der Waals surface area contributed by atoms with Gasteiger partial charge in [0.1, 0.15) is 6.17 Å². The van der Waals surface area contributed by atoms with Gasteiger partial charge in [-0.25, -0.2) is 14.8 Å². The lowest BCUT2D eigenvalue weighted by Gasteiger charge is -2.39.